The first kappa shape index (κ1) is 9.36. The molecular weight excluding hydrogens is 176 g/mol. The lowest BCUT2D eigenvalue weighted by atomic mass is 10.3. The van der Waals surface area contributed by atoms with Gasteiger partial charge in [-0.3, -0.25) is 0 Å². The second-order valence-electron chi connectivity index (χ2n) is 2.59. The summed E-state index contributed by atoms with van der Waals surface area (Å²) < 4.78 is 5.22. The van der Waals surface area contributed by atoms with Gasteiger partial charge in [-0.25, -0.2) is 0 Å². The van der Waals surface area contributed by atoms with Gasteiger partial charge in [0.1, 0.15) is 12.4 Å². The Bertz CT molecular complexity index is 248. The number of halogens is 1. The Morgan fingerprint density at radius 1 is 1.50 bits per heavy atom. The quantitative estimate of drug-likeness (QED) is 0.784. The Labute approximate surface area is 76.7 Å². The molecule has 0 saturated heterocycles. The lowest BCUT2D eigenvalue weighted by Gasteiger charge is -2.08. The standard InChI is InChI=1S/C9H11ClO2/c1-7(11)6-12-9-5-3-2-4-8(9)10/h2-5,7,11H,6H2,1H3/t7-/m0/s1. The maximum atomic E-state index is 8.94. The molecule has 0 bridgehead atoms. The Hall–Kier alpha value is -0.730. The highest BCUT2D eigenvalue weighted by Gasteiger charge is 2.00. The SMILES string of the molecule is C[C@H](O)COc1ccccc1Cl. The number of ether oxygens (including phenoxy) is 1. The van der Waals surface area contributed by atoms with E-state index in [1.54, 1.807) is 19.1 Å². The molecule has 0 heterocycles. The van der Waals surface area contributed by atoms with Gasteiger partial charge in [0.25, 0.3) is 0 Å². The van der Waals surface area contributed by atoms with E-state index >= 15 is 0 Å². The summed E-state index contributed by atoms with van der Waals surface area (Å²) in [5, 5.41) is 9.50. The van der Waals surface area contributed by atoms with Gasteiger partial charge in [-0.05, 0) is 19.1 Å². The van der Waals surface area contributed by atoms with Gasteiger partial charge < -0.3 is 9.84 Å². The van der Waals surface area contributed by atoms with Crippen LogP contribution >= 0.6 is 11.6 Å². The van der Waals surface area contributed by atoms with Gasteiger partial charge >= 0.3 is 0 Å². The van der Waals surface area contributed by atoms with E-state index in [1.165, 1.54) is 0 Å². The molecule has 66 valence electrons. The van der Waals surface area contributed by atoms with Gasteiger partial charge in [0, 0.05) is 0 Å². The largest absolute Gasteiger partial charge is 0.489 e. The third-order valence-corrected chi connectivity index (χ3v) is 1.63. The fourth-order valence-electron chi connectivity index (χ4n) is 0.772. The Morgan fingerprint density at radius 2 is 2.17 bits per heavy atom. The first-order valence-electron chi connectivity index (χ1n) is 3.75. The molecule has 0 fully saturated rings. The molecular formula is C9H11ClO2. The molecule has 0 unspecified atom stereocenters. The minimum atomic E-state index is -0.471. The minimum Gasteiger partial charge on any atom is -0.489 e. The molecule has 1 aromatic rings. The molecule has 1 atom stereocenters. The van der Waals surface area contributed by atoms with E-state index in [4.69, 9.17) is 21.4 Å². The second-order valence-corrected chi connectivity index (χ2v) is 3.00. The van der Waals surface area contributed by atoms with Crippen molar-refractivity contribution < 1.29 is 9.84 Å². The van der Waals surface area contributed by atoms with Crippen molar-refractivity contribution in [2.45, 2.75) is 13.0 Å². The van der Waals surface area contributed by atoms with Crippen LogP contribution in [0, 0.1) is 0 Å². The molecule has 1 N–H and O–H groups in total. The first-order chi connectivity index (χ1) is 5.70. The summed E-state index contributed by atoms with van der Waals surface area (Å²) in [7, 11) is 0. The van der Waals surface area contributed by atoms with Crippen LogP contribution in [0.1, 0.15) is 6.92 Å². The van der Waals surface area contributed by atoms with Crippen LogP contribution in [0.2, 0.25) is 5.02 Å². The predicted molar refractivity (Wildman–Crippen MR) is 48.6 cm³/mol. The molecule has 0 saturated carbocycles. The summed E-state index contributed by atoms with van der Waals surface area (Å²) >= 11 is 5.80. The number of para-hydroxylation sites is 1. The summed E-state index contributed by atoms with van der Waals surface area (Å²) in [4.78, 5) is 0. The molecule has 0 spiro atoms. The van der Waals surface area contributed by atoms with Crippen LogP contribution in [0.15, 0.2) is 24.3 Å². The Morgan fingerprint density at radius 3 is 2.75 bits per heavy atom. The van der Waals surface area contributed by atoms with E-state index in [-0.39, 0.29) is 6.61 Å². The molecule has 1 aromatic carbocycles. The van der Waals surface area contributed by atoms with Gasteiger partial charge in [-0.15, -0.1) is 0 Å². The van der Waals surface area contributed by atoms with Crippen molar-refractivity contribution in [3.05, 3.63) is 29.3 Å². The van der Waals surface area contributed by atoms with Crippen molar-refractivity contribution in [1.82, 2.24) is 0 Å². The summed E-state index contributed by atoms with van der Waals surface area (Å²) in [6.07, 6.45) is -0.471. The first-order valence-corrected chi connectivity index (χ1v) is 4.13. The average molecular weight is 187 g/mol. The maximum absolute atomic E-state index is 8.94. The zero-order valence-electron chi connectivity index (χ0n) is 6.83. The Kier molecular flexibility index (Phi) is 3.38. The van der Waals surface area contributed by atoms with Crippen molar-refractivity contribution in [3.8, 4) is 5.75 Å². The van der Waals surface area contributed by atoms with Gasteiger partial charge in [-0.2, -0.15) is 0 Å². The number of hydrogen-bond acceptors (Lipinski definition) is 2. The fourth-order valence-corrected chi connectivity index (χ4v) is 0.962. The number of benzene rings is 1. The Balaban J connectivity index is 2.57. The number of rotatable bonds is 3. The molecule has 0 aliphatic rings. The molecule has 12 heavy (non-hydrogen) atoms. The van der Waals surface area contributed by atoms with Crippen LogP contribution in [-0.4, -0.2) is 17.8 Å². The zero-order chi connectivity index (χ0) is 8.97. The van der Waals surface area contributed by atoms with Crippen molar-refractivity contribution in [2.75, 3.05) is 6.61 Å². The fraction of sp³-hybridized carbons (Fsp3) is 0.333. The summed E-state index contributed by atoms with van der Waals surface area (Å²) in [6, 6.07) is 7.18. The van der Waals surface area contributed by atoms with Crippen LogP contribution in [0.5, 0.6) is 5.75 Å². The van der Waals surface area contributed by atoms with E-state index < -0.39 is 6.10 Å². The van der Waals surface area contributed by atoms with Crippen molar-refractivity contribution in [3.63, 3.8) is 0 Å². The monoisotopic (exact) mass is 186 g/mol. The van der Waals surface area contributed by atoms with Crippen molar-refractivity contribution in [1.29, 1.82) is 0 Å². The second kappa shape index (κ2) is 4.33. The van der Waals surface area contributed by atoms with Gasteiger partial charge in [0.2, 0.25) is 0 Å². The molecule has 0 radical (unpaired) electrons. The highest BCUT2D eigenvalue weighted by molar-refractivity contribution is 6.32. The normalized spacial score (nSPS) is 12.6. The molecule has 0 aromatic heterocycles. The molecule has 3 heteroatoms. The van der Waals surface area contributed by atoms with E-state index in [2.05, 4.69) is 0 Å². The van der Waals surface area contributed by atoms with Crippen LogP contribution < -0.4 is 4.74 Å². The molecule has 0 amide bonds. The highest BCUT2D eigenvalue weighted by atomic mass is 35.5. The van der Waals surface area contributed by atoms with Crippen molar-refractivity contribution >= 4 is 11.6 Å². The van der Waals surface area contributed by atoms with Crippen LogP contribution in [-0.2, 0) is 0 Å². The van der Waals surface area contributed by atoms with Crippen molar-refractivity contribution in [2.24, 2.45) is 0 Å². The molecule has 0 aliphatic heterocycles. The molecule has 1 rings (SSSR count). The van der Waals surface area contributed by atoms with E-state index in [9.17, 15) is 0 Å². The van der Waals surface area contributed by atoms with Crippen LogP contribution in [0.3, 0.4) is 0 Å². The third kappa shape index (κ3) is 2.72. The summed E-state index contributed by atoms with van der Waals surface area (Å²) in [5.41, 5.74) is 0. The predicted octanol–water partition coefficient (Wildman–Crippen LogP) is 2.10. The lowest BCUT2D eigenvalue weighted by Crippen LogP contribution is -2.12. The van der Waals surface area contributed by atoms with Gasteiger partial charge in [0.05, 0.1) is 11.1 Å². The van der Waals surface area contributed by atoms with E-state index in [0.29, 0.717) is 10.8 Å². The molecule has 0 aliphatic carbocycles. The number of hydrogen-bond donors (Lipinski definition) is 1. The molecule has 2 nitrogen and oxygen atoms in total. The van der Waals surface area contributed by atoms with Crippen LogP contribution in [0.25, 0.3) is 0 Å². The van der Waals surface area contributed by atoms with Gasteiger partial charge in [-0.1, -0.05) is 23.7 Å². The maximum Gasteiger partial charge on any atom is 0.138 e. The third-order valence-electron chi connectivity index (χ3n) is 1.32. The van der Waals surface area contributed by atoms with E-state index in [1.807, 2.05) is 12.1 Å². The number of aliphatic hydroxyl groups is 1. The summed E-state index contributed by atoms with van der Waals surface area (Å²) in [5.74, 6) is 0.611. The lowest BCUT2D eigenvalue weighted by molar-refractivity contribution is 0.123. The highest BCUT2D eigenvalue weighted by Crippen LogP contribution is 2.22. The number of aliphatic hydroxyl groups excluding tert-OH is 1. The van der Waals surface area contributed by atoms with E-state index in [0.717, 1.165) is 0 Å². The topological polar surface area (TPSA) is 29.5 Å². The minimum absolute atomic E-state index is 0.268. The summed E-state index contributed by atoms with van der Waals surface area (Å²) in [6.45, 7) is 1.93. The zero-order valence-corrected chi connectivity index (χ0v) is 7.58. The smallest absolute Gasteiger partial charge is 0.138 e. The van der Waals surface area contributed by atoms with Gasteiger partial charge in [0.15, 0.2) is 0 Å². The average Bonchev–Trinajstić information content (AvgIpc) is 2.03. The van der Waals surface area contributed by atoms with Crippen LogP contribution in [0.4, 0.5) is 0 Å².